The molecule has 0 unspecified atom stereocenters. The predicted molar refractivity (Wildman–Crippen MR) is 249 cm³/mol. The van der Waals surface area contributed by atoms with Crippen LogP contribution in [0.5, 0.6) is 0 Å². The summed E-state index contributed by atoms with van der Waals surface area (Å²) in [6.07, 6.45) is 16.6. The molecule has 5 aliphatic rings. The molecule has 0 aromatic heterocycles. The maximum atomic E-state index is 2.57. The van der Waals surface area contributed by atoms with Crippen LogP contribution in [0.3, 0.4) is 0 Å². The molecule has 12 rings (SSSR count). The molecule has 286 valence electrons. The first kappa shape index (κ1) is 34.6. The highest BCUT2D eigenvalue weighted by Gasteiger charge is 2.45. The molecule has 1 spiro atoms. The molecule has 2 aliphatic heterocycles. The van der Waals surface area contributed by atoms with Crippen LogP contribution in [0.25, 0.3) is 46.6 Å². The molecule has 0 atom stereocenters. The number of rotatable bonds is 4. The van der Waals surface area contributed by atoms with E-state index in [1.165, 1.54) is 134 Å². The van der Waals surface area contributed by atoms with Crippen molar-refractivity contribution in [3.8, 4) is 22.3 Å². The van der Waals surface area contributed by atoms with Gasteiger partial charge in [0.25, 0.3) is 0 Å². The van der Waals surface area contributed by atoms with Crippen molar-refractivity contribution in [3.63, 3.8) is 0 Å². The molecule has 3 aliphatic carbocycles. The third kappa shape index (κ3) is 5.25. The zero-order valence-corrected chi connectivity index (χ0v) is 34.0. The summed E-state index contributed by atoms with van der Waals surface area (Å²) in [4.78, 5) is 5.01. The normalized spacial score (nSPS) is 17.3. The lowest BCUT2D eigenvalue weighted by Crippen LogP contribution is -2.25. The van der Waals surface area contributed by atoms with E-state index in [2.05, 4.69) is 194 Å². The van der Waals surface area contributed by atoms with E-state index < -0.39 is 0 Å². The summed E-state index contributed by atoms with van der Waals surface area (Å²) >= 11 is 0. The topological polar surface area (TPSA) is 6.48 Å². The largest absolute Gasteiger partial charge is 0.341 e. The minimum Gasteiger partial charge on any atom is -0.341 e. The van der Waals surface area contributed by atoms with Crippen LogP contribution in [0.2, 0.25) is 0 Å². The van der Waals surface area contributed by atoms with Crippen molar-refractivity contribution >= 4 is 52.7 Å². The van der Waals surface area contributed by atoms with Gasteiger partial charge in [-0.3, -0.25) is 0 Å². The van der Waals surface area contributed by atoms with Gasteiger partial charge in [0.05, 0.1) is 11.4 Å². The fraction of sp³-hybridized carbons (Fsp3) is 0.193. The van der Waals surface area contributed by atoms with E-state index in [0.717, 1.165) is 6.54 Å². The standard InChI is InChI=1S/C57H48N2/c1-56(2)49-34-38(21-27-45(49)46-30-26-44(37-50(46)56)59-54-17-7-4-13-41(54)23-24-42-14-5-8-18-55(42)59)19-20-39-22-28-47-48-29-25-43(58-33-11-15-40-12-3-6-16-53(40)58)36-52(48)57(51(47)35-39)31-9-10-32-57/h3-8,12-14,16-30,34-37H,9-11,15,31-33H2,1-2H3/b20-19+. The van der Waals surface area contributed by atoms with Gasteiger partial charge in [-0.15, -0.1) is 0 Å². The molecule has 2 nitrogen and oxygen atoms in total. The number of para-hydroxylation sites is 3. The van der Waals surface area contributed by atoms with Gasteiger partial charge < -0.3 is 9.80 Å². The molecule has 0 saturated heterocycles. The fourth-order valence-electron chi connectivity index (χ4n) is 11.5. The van der Waals surface area contributed by atoms with Crippen LogP contribution in [0.15, 0.2) is 146 Å². The molecule has 7 aromatic rings. The van der Waals surface area contributed by atoms with Crippen LogP contribution in [0.1, 0.15) is 96.0 Å². The van der Waals surface area contributed by atoms with Crippen LogP contribution >= 0.6 is 0 Å². The van der Waals surface area contributed by atoms with Crippen LogP contribution in [0, 0.1) is 0 Å². The van der Waals surface area contributed by atoms with Crippen molar-refractivity contribution in [2.45, 2.75) is 63.2 Å². The number of hydrogen-bond acceptors (Lipinski definition) is 2. The average molecular weight is 761 g/mol. The molecular formula is C57H48N2. The summed E-state index contributed by atoms with van der Waals surface area (Å²) in [7, 11) is 0. The quantitative estimate of drug-likeness (QED) is 0.165. The molecule has 0 N–H and O–H groups in total. The Bertz CT molecular complexity index is 2870. The van der Waals surface area contributed by atoms with Gasteiger partial charge in [-0.2, -0.15) is 0 Å². The highest BCUT2D eigenvalue weighted by Crippen LogP contribution is 2.58. The van der Waals surface area contributed by atoms with Gasteiger partial charge in [-0.25, -0.2) is 0 Å². The molecular weight excluding hydrogens is 713 g/mol. The first-order valence-corrected chi connectivity index (χ1v) is 21.8. The van der Waals surface area contributed by atoms with E-state index >= 15 is 0 Å². The van der Waals surface area contributed by atoms with E-state index in [4.69, 9.17) is 0 Å². The molecule has 2 heterocycles. The Kier molecular flexibility index (Phi) is 7.67. The Morgan fingerprint density at radius 1 is 0.475 bits per heavy atom. The predicted octanol–water partition coefficient (Wildman–Crippen LogP) is 15.0. The molecule has 7 aromatic carbocycles. The molecule has 1 fully saturated rings. The van der Waals surface area contributed by atoms with Crippen molar-refractivity contribution in [2.24, 2.45) is 0 Å². The lowest BCUT2D eigenvalue weighted by molar-refractivity contribution is 0.549. The summed E-state index contributed by atoms with van der Waals surface area (Å²) in [5.41, 5.74) is 24.2. The summed E-state index contributed by atoms with van der Waals surface area (Å²) in [5.74, 6) is 0. The number of aryl methyl sites for hydroxylation is 1. The van der Waals surface area contributed by atoms with Gasteiger partial charge in [0.1, 0.15) is 0 Å². The minimum atomic E-state index is -0.142. The second-order valence-corrected chi connectivity index (χ2v) is 18.0. The first-order valence-electron chi connectivity index (χ1n) is 21.8. The highest BCUT2D eigenvalue weighted by molar-refractivity contribution is 5.95. The lowest BCUT2D eigenvalue weighted by Gasteiger charge is -2.33. The van der Waals surface area contributed by atoms with Gasteiger partial charge in [-0.05, 0) is 140 Å². The lowest BCUT2D eigenvalue weighted by atomic mass is 9.76. The maximum absolute atomic E-state index is 2.57. The number of hydrogen-bond donors (Lipinski definition) is 0. The Morgan fingerprint density at radius 2 is 0.983 bits per heavy atom. The van der Waals surface area contributed by atoms with Crippen LogP contribution in [0.4, 0.5) is 28.4 Å². The Hall–Kier alpha value is -6.38. The number of fused-ring (bicyclic) bond motifs is 11. The SMILES string of the molecule is CC1(C)c2cc(/C=C/c3ccc4c(c3)C3(CCCC3)c3cc(N5CCCc6ccccc65)ccc3-4)ccc2-c2ccc(N3c4ccccc4C=Cc4ccccc43)cc21. The molecule has 2 heteroatoms. The average Bonchev–Trinajstić information content (AvgIpc) is 3.90. The van der Waals surface area contributed by atoms with Crippen molar-refractivity contribution < 1.29 is 0 Å². The van der Waals surface area contributed by atoms with Crippen LogP contribution < -0.4 is 9.80 Å². The monoisotopic (exact) mass is 760 g/mol. The van der Waals surface area contributed by atoms with Gasteiger partial charge in [0, 0.05) is 34.4 Å². The van der Waals surface area contributed by atoms with Crippen molar-refractivity contribution in [2.75, 3.05) is 16.3 Å². The Morgan fingerprint density at radius 3 is 1.66 bits per heavy atom. The summed E-state index contributed by atoms with van der Waals surface area (Å²) in [6.45, 7) is 5.88. The number of nitrogens with zero attached hydrogens (tertiary/aromatic N) is 2. The second-order valence-electron chi connectivity index (χ2n) is 18.0. The molecule has 59 heavy (non-hydrogen) atoms. The third-order valence-electron chi connectivity index (χ3n) is 14.5. The van der Waals surface area contributed by atoms with Gasteiger partial charge in [-0.1, -0.05) is 154 Å². The van der Waals surface area contributed by atoms with Crippen molar-refractivity contribution in [1.82, 2.24) is 0 Å². The van der Waals surface area contributed by atoms with Crippen LogP contribution in [-0.4, -0.2) is 6.54 Å². The summed E-state index contributed by atoms with van der Waals surface area (Å²) in [5, 5.41) is 0. The van der Waals surface area contributed by atoms with E-state index in [1.54, 1.807) is 5.56 Å². The van der Waals surface area contributed by atoms with E-state index in [9.17, 15) is 0 Å². The maximum Gasteiger partial charge on any atom is 0.0534 e. The second kappa shape index (κ2) is 13.1. The summed E-state index contributed by atoms with van der Waals surface area (Å²) in [6, 6.07) is 55.3. The molecule has 0 bridgehead atoms. The highest BCUT2D eigenvalue weighted by atomic mass is 15.2. The number of benzene rings is 7. The van der Waals surface area contributed by atoms with Crippen molar-refractivity contribution in [1.29, 1.82) is 0 Å². The summed E-state index contributed by atoms with van der Waals surface area (Å²) < 4.78 is 0. The zero-order valence-electron chi connectivity index (χ0n) is 34.0. The van der Waals surface area contributed by atoms with E-state index in [-0.39, 0.29) is 10.8 Å². The van der Waals surface area contributed by atoms with E-state index in [0.29, 0.717) is 0 Å². The third-order valence-corrected chi connectivity index (χ3v) is 14.5. The van der Waals surface area contributed by atoms with Crippen LogP contribution in [-0.2, 0) is 17.3 Å². The molecule has 0 amide bonds. The minimum absolute atomic E-state index is 0.107. The van der Waals surface area contributed by atoms with Gasteiger partial charge in [0.15, 0.2) is 0 Å². The fourth-order valence-corrected chi connectivity index (χ4v) is 11.5. The molecule has 0 radical (unpaired) electrons. The van der Waals surface area contributed by atoms with Gasteiger partial charge >= 0.3 is 0 Å². The Balaban J connectivity index is 0.860. The van der Waals surface area contributed by atoms with Gasteiger partial charge in [0.2, 0.25) is 0 Å². The smallest absolute Gasteiger partial charge is 0.0534 e. The molecule has 1 saturated carbocycles. The first-order chi connectivity index (χ1) is 29.0. The van der Waals surface area contributed by atoms with E-state index in [1.807, 2.05) is 0 Å². The van der Waals surface area contributed by atoms with Crippen molar-refractivity contribution in [3.05, 3.63) is 196 Å². The number of anilines is 5. The zero-order chi connectivity index (χ0) is 39.3. The Labute approximate surface area is 348 Å².